The molecule has 9 nitrogen and oxygen atoms in total. The van der Waals surface area contributed by atoms with Crippen molar-refractivity contribution in [2.75, 3.05) is 0 Å². The smallest absolute Gasteiger partial charge is 0.201 e. The highest BCUT2D eigenvalue weighted by atomic mass is 15.1. The Bertz CT molecular complexity index is 2900. The molecule has 0 aliphatic carbocycles. The normalized spacial score (nSPS) is 11.5. The van der Waals surface area contributed by atoms with Crippen molar-refractivity contribution in [3.05, 3.63) is 176 Å². The van der Waals surface area contributed by atoms with Crippen LogP contribution in [-0.4, -0.2) is 44.4 Å². The second-order valence-electron chi connectivity index (χ2n) is 13.7. The van der Waals surface area contributed by atoms with E-state index in [-0.39, 0.29) is 0 Å². The van der Waals surface area contributed by atoms with Crippen molar-refractivity contribution in [1.82, 2.24) is 44.4 Å². The van der Waals surface area contributed by atoms with Gasteiger partial charge in [0.25, 0.3) is 0 Å². The molecule has 266 valence electrons. The van der Waals surface area contributed by atoms with Gasteiger partial charge in [-0.05, 0) is 22.9 Å². The van der Waals surface area contributed by atoms with E-state index in [1.165, 1.54) is 10.8 Å². The maximum atomic E-state index is 5.29. The minimum Gasteiger partial charge on any atom is -0.294 e. The van der Waals surface area contributed by atoms with Gasteiger partial charge in [-0.1, -0.05) is 158 Å². The largest absolute Gasteiger partial charge is 0.294 e. The fourth-order valence-electron chi connectivity index (χ4n) is 7.46. The maximum absolute atomic E-state index is 5.29. The van der Waals surface area contributed by atoms with Crippen molar-refractivity contribution in [1.29, 1.82) is 0 Å². The molecule has 0 fully saturated rings. The van der Waals surface area contributed by atoms with Crippen LogP contribution in [0.15, 0.2) is 176 Å². The predicted molar refractivity (Wildman–Crippen MR) is 224 cm³/mol. The van der Waals surface area contributed by atoms with E-state index in [4.69, 9.17) is 39.9 Å². The summed E-state index contributed by atoms with van der Waals surface area (Å²) in [5, 5.41) is 4.64. The standard InChI is InChI=1S/C48H29N9/c1-5-15-32(16-6-1)42-51-43(33-17-7-2-8-18-33)54-46(53-42)36-29-39(57-37-25-13-23-30-27-28-31-24-14-26-38(57)41(31)40(30)37)50-47(49-36)48-55-44(34-19-9-3-10-20-34)52-45(56-48)35-21-11-4-12-22-35/h1-29H. The van der Waals surface area contributed by atoms with Crippen LogP contribution in [0.2, 0.25) is 0 Å². The van der Waals surface area contributed by atoms with Crippen LogP contribution >= 0.6 is 0 Å². The van der Waals surface area contributed by atoms with E-state index < -0.39 is 0 Å². The molecule has 0 saturated heterocycles. The fraction of sp³-hybridized carbons (Fsp3) is 0. The third-order valence-corrected chi connectivity index (χ3v) is 10.1. The van der Waals surface area contributed by atoms with E-state index in [0.717, 1.165) is 44.1 Å². The van der Waals surface area contributed by atoms with Crippen molar-refractivity contribution in [2.45, 2.75) is 0 Å². The van der Waals surface area contributed by atoms with Gasteiger partial charge in [0, 0.05) is 39.1 Å². The molecule has 4 heterocycles. The highest BCUT2D eigenvalue weighted by molar-refractivity contribution is 6.24. The third kappa shape index (κ3) is 5.73. The molecule has 7 aromatic carbocycles. The summed E-state index contributed by atoms with van der Waals surface area (Å²) in [5.74, 6) is 3.71. The molecule has 0 amide bonds. The number of rotatable bonds is 7. The molecule has 0 unspecified atom stereocenters. The van der Waals surface area contributed by atoms with Crippen LogP contribution in [0.4, 0.5) is 0 Å². The van der Waals surface area contributed by atoms with Crippen molar-refractivity contribution in [2.24, 2.45) is 0 Å². The number of aromatic nitrogens is 9. The van der Waals surface area contributed by atoms with Crippen LogP contribution in [-0.2, 0) is 0 Å². The second-order valence-corrected chi connectivity index (χ2v) is 13.7. The molecule has 57 heavy (non-hydrogen) atoms. The zero-order chi connectivity index (χ0) is 37.7. The van der Waals surface area contributed by atoms with Crippen molar-refractivity contribution >= 4 is 32.6 Å². The Morgan fingerprint density at radius 2 is 0.649 bits per heavy atom. The van der Waals surface area contributed by atoms with Crippen LogP contribution < -0.4 is 0 Å². The summed E-state index contributed by atoms with van der Waals surface area (Å²) in [7, 11) is 0. The molecule has 0 aliphatic heterocycles. The third-order valence-electron chi connectivity index (χ3n) is 10.1. The molecule has 11 aromatic rings. The summed E-state index contributed by atoms with van der Waals surface area (Å²) in [6.45, 7) is 0. The van der Waals surface area contributed by atoms with Gasteiger partial charge in [0.1, 0.15) is 11.5 Å². The lowest BCUT2D eigenvalue weighted by atomic mass is 10.0. The monoisotopic (exact) mass is 731 g/mol. The molecule has 0 aliphatic rings. The first-order valence-corrected chi connectivity index (χ1v) is 18.6. The van der Waals surface area contributed by atoms with Gasteiger partial charge in [-0.15, -0.1) is 0 Å². The Labute approximate surface area is 326 Å². The zero-order valence-electron chi connectivity index (χ0n) is 30.3. The molecule has 4 aromatic heterocycles. The Morgan fingerprint density at radius 3 is 1.07 bits per heavy atom. The van der Waals surface area contributed by atoms with E-state index in [2.05, 4.69) is 53.1 Å². The molecule has 0 saturated carbocycles. The van der Waals surface area contributed by atoms with Crippen LogP contribution in [0.5, 0.6) is 0 Å². The first kappa shape index (κ1) is 32.4. The van der Waals surface area contributed by atoms with Crippen molar-refractivity contribution < 1.29 is 0 Å². The van der Waals surface area contributed by atoms with Gasteiger partial charge in [0.15, 0.2) is 29.1 Å². The number of benzene rings is 7. The van der Waals surface area contributed by atoms with Gasteiger partial charge in [0.2, 0.25) is 11.6 Å². The molecule has 9 heteroatoms. The Kier molecular flexibility index (Phi) is 7.60. The summed E-state index contributed by atoms with van der Waals surface area (Å²) in [6.07, 6.45) is 0. The van der Waals surface area contributed by atoms with Crippen molar-refractivity contribution in [3.63, 3.8) is 0 Å². The predicted octanol–water partition coefficient (Wildman–Crippen LogP) is 10.5. The first-order valence-electron chi connectivity index (χ1n) is 18.6. The van der Waals surface area contributed by atoms with Gasteiger partial charge in [-0.3, -0.25) is 4.57 Å². The van der Waals surface area contributed by atoms with Gasteiger partial charge >= 0.3 is 0 Å². The molecule has 11 rings (SSSR count). The van der Waals surface area contributed by atoms with Gasteiger partial charge in [0.05, 0.1) is 11.0 Å². The summed E-state index contributed by atoms with van der Waals surface area (Å²) >= 11 is 0. The van der Waals surface area contributed by atoms with Crippen molar-refractivity contribution in [3.8, 4) is 74.5 Å². The topological polar surface area (TPSA) is 108 Å². The molecule has 0 N–H and O–H groups in total. The Balaban J connectivity index is 1.21. The highest BCUT2D eigenvalue weighted by Gasteiger charge is 2.23. The van der Waals surface area contributed by atoms with Crippen LogP contribution in [0.1, 0.15) is 0 Å². The van der Waals surface area contributed by atoms with E-state index in [1.807, 2.05) is 127 Å². The highest BCUT2D eigenvalue weighted by Crippen LogP contribution is 2.39. The Morgan fingerprint density at radius 1 is 0.281 bits per heavy atom. The molecule has 0 atom stereocenters. The number of hydrogen-bond acceptors (Lipinski definition) is 8. The van der Waals surface area contributed by atoms with Crippen LogP contribution in [0, 0.1) is 0 Å². The first-order chi connectivity index (χ1) is 28.2. The molecular weight excluding hydrogens is 703 g/mol. The van der Waals surface area contributed by atoms with Gasteiger partial charge in [-0.25, -0.2) is 39.9 Å². The minimum atomic E-state index is 0.303. The van der Waals surface area contributed by atoms with Gasteiger partial charge in [-0.2, -0.15) is 0 Å². The van der Waals surface area contributed by atoms with Crippen LogP contribution in [0.25, 0.3) is 107 Å². The van der Waals surface area contributed by atoms with Crippen LogP contribution in [0.3, 0.4) is 0 Å². The maximum Gasteiger partial charge on any atom is 0.201 e. The lowest BCUT2D eigenvalue weighted by molar-refractivity contribution is 0.986. The second kappa shape index (κ2) is 13.4. The van der Waals surface area contributed by atoms with Gasteiger partial charge < -0.3 is 0 Å². The minimum absolute atomic E-state index is 0.303. The summed E-state index contributed by atoms with van der Waals surface area (Å²) in [6, 6.07) is 58.6. The molecule has 0 spiro atoms. The summed E-state index contributed by atoms with van der Waals surface area (Å²) in [5.41, 5.74) is 5.94. The summed E-state index contributed by atoms with van der Waals surface area (Å²) < 4.78 is 2.19. The number of nitrogens with zero attached hydrogens (tertiary/aromatic N) is 9. The average molecular weight is 732 g/mol. The fourth-order valence-corrected chi connectivity index (χ4v) is 7.46. The number of hydrogen-bond donors (Lipinski definition) is 0. The van der Waals surface area contributed by atoms with E-state index in [9.17, 15) is 0 Å². The molecule has 0 bridgehead atoms. The average Bonchev–Trinajstić information content (AvgIpc) is 3.65. The lowest BCUT2D eigenvalue weighted by Gasteiger charge is -2.13. The quantitative estimate of drug-likeness (QED) is 0.149. The summed E-state index contributed by atoms with van der Waals surface area (Å²) in [4.78, 5) is 40.5. The van der Waals surface area contributed by atoms with E-state index >= 15 is 0 Å². The van der Waals surface area contributed by atoms with E-state index in [0.29, 0.717) is 52.3 Å². The Hall–Kier alpha value is -8.04. The lowest BCUT2D eigenvalue weighted by Crippen LogP contribution is -2.08. The molecular formula is C48H29N9. The zero-order valence-corrected chi connectivity index (χ0v) is 30.3. The SMILES string of the molecule is c1ccc(-c2nc(-c3ccccc3)nc(-c3cc(-n4c5cccc6ccc7cccc4c7c65)nc(-c4nc(-c5ccccc5)nc(-c5ccccc5)n4)n3)n2)cc1. The van der Waals surface area contributed by atoms with E-state index in [1.54, 1.807) is 0 Å². The molecule has 0 radical (unpaired) electrons.